The zero-order valence-electron chi connectivity index (χ0n) is 16.7. The van der Waals surface area contributed by atoms with Crippen LogP contribution in [0, 0.1) is 5.92 Å². The molecule has 0 aliphatic carbocycles. The second-order valence-corrected chi connectivity index (χ2v) is 7.98. The number of aromatic nitrogens is 2. The molecule has 1 amide bonds. The second kappa shape index (κ2) is 8.86. The molecule has 1 aromatic heterocycles. The number of piperidine rings is 1. The predicted octanol–water partition coefficient (Wildman–Crippen LogP) is 3.26. The van der Waals surface area contributed by atoms with Crippen LogP contribution in [-0.2, 0) is 9.53 Å². The number of rotatable bonds is 4. The number of nitrogens with zero attached hydrogens (tertiary/aromatic N) is 4. The van der Waals surface area contributed by atoms with Crippen molar-refractivity contribution in [3.05, 3.63) is 30.5 Å². The minimum absolute atomic E-state index is 0.150. The quantitative estimate of drug-likeness (QED) is 0.812. The van der Waals surface area contributed by atoms with E-state index in [1.165, 1.54) is 12.8 Å². The highest BCUT2D eigenvalue weighted by atomic mass is 16.5. The van der Waals surface area contributed by atoms with E-state index in [2.05, 4.69) is 14.8 Å². The third-order valence-corrected chi connectivity index (χ3v) is 6.23. The number of hydrogen-bond donors (Lipinski definition) is 0. The van der Waals surface area contributed by atoms with Gasteiger partial charge in [-0.1, -0.05) is 25.0 Å². The normalized spacial score (nSPS) is 21.7. The Morgan fingerprint density at radius 1 is 1.07 bits per heavy atom. The molecule has 1 unspecified atom stereocenters. The maximum atomic E-state index is 12.6. The molecule has 150 valence electrons. The summed E-state index contributed by atoms with van der Waals surface area (Å²) in [6.45, 7) is 3.02. The van der Waals surface area contributed by atoms with E-state index in [9.17, 15) is 4.79 Å². The molecule has 0 spiro atoms. The van der Waals surface area contributed by atoms with Gasteiger partial charge in [0.2, 0.25) is 5.91 Å². The van der Waals surface area contributed by atoms with Crippen LogP contribution in [-0.4, -0.2) is 60.2 Å². The molecule has 1 atom stereocenters. The number of benzene rings is 1. The van der Waals surface area contributed by atoms with Crippen LogP contribution >= 0.6 is 0 Å². The van der Waals surface area contributed by atoms with Crippen molar-refractivity contribution in [2.24, 2.45) is 5.92 Å². The molecule has 2 fully saturated rings. The van der Waals surface area contributed by atoms with Gasteiger partial charge in [-0.25, -0.2) is 4.98 Å². The molecular weight excluding hydrogens is 352 g/mol. The Morgan fingerprint density at radius 2 is 1.86 bits per heavy atom. The molecule has 2 aromatic rings. The Bertz CT molecular complexity index is 804. The second-order valence-electron chi connectivity index (χ2n) is 7.98. The number of para-hydroxylation sites is 2. The lowest BCUT2D eigenvalue weighted by Gasteiger charge is -2.41. The number of likely N-dealkylation sites (tertiary alicyclic amines) is 1. The zero-order chi connectivity index (χ0) is 19.3. The van der Waals surface area contributed by atoms with Gasteiger partial charge in [0.15, 0.2) is 0 Å². The summed E-state index contributed by atoms with van der Waals surface area (Å²) in [6, 6.07) is 8.37. The molecule has 6 nitrogen and oxygen atoms in total. The van der Waals surface area contributed by atoms with Gasteiger partial charge in [0.25, 0.3) is 0 Å². The first kappa shape index (κ1) is 19.1. The number of methoxy groups -OCH3 is 1. The maximum absolute atomic E-state index is 12.6. The van der Waals surface area contributed by atoms with Crippen molar-refractivity contribution in [2.45, 2.75) is 44.6 Å². The first-order valence-corrected chi connectivity index (χ1v) is 10.5. The first-order valence-electron chi connectivity index (χ1n) is 10.5. The lowest BCUT2D eigenvalue weighted by atomic mass is 9.86. The fourth-order valence-corrected chi connectivity index (χ4v) is 4.75. The molecule has 0 saturated carbocycles. The van der Waals surface area contributed by atoms with Crippen LogP contribution in [0.25, 0.3) is 11.0 Å². The molecule has 3 heterocycles. The molecule has 4 rings (SSSR count). The largest absolute Gasteiger partial charge is 0.375 e. The number of anilines is 1. The highest BCUT2D eigenvalue weighted by Crippen LogP contribution is 2.31. The average Bonchev–Trinajstić information content (AvgIpc) is 3.00. The van der Waals surface area contributed by atoms with Gasteiger partial charge in [0.1, 0.15) is 12.4 Å². The summed E-state index contributed by atoms with van der Waals surface area (Å²) < 4.78 is 5.13. The molecule has 28 heavy (non-hydrogen) atoms. The van der Waals surface area contributed by atoms with Gasteiger partial charge in [-0.3, -0.25) is 9.78 Å². The molecule has 2 aliphatic heterocycles. The average molecular weight is 383 g/mol. The van der Waals surface area contributed by atoms with Crippen molar-refractivity contribution in [3.8, 4) is 0 Å². The van der Waals surface area contributed by atoms with Crippen LogP contribution in [0.15, 0.2) is 30.5 Å². The van der Waals surface area contributed by atoms with Gasteiger partial charge in [0, 0.05) is 32.8 Å². The first-order chi connectivity index (χ1) is 13.8. The van der Waals surface area contributed by atoms with Crippen molar-refractivity contribution in [1.82, 2.24) is 14.9 Å². The Labute approximate surface area is 166 Å². The number of carbonyl (C=O) groups is 1. The third kappa shape index (κ3) is 4.12. The Kier molecular flexibility index (Phi) is 6.05. The van der Waals surface area contributed by atoms with Gasteiger partial charge >= 0.3 is 0 Å². The van der Waals surface area contributed by atoms with E-state index in [1.54, 1.807) is 7.11 Å². The summed E-state index contributed by atoms with van der Waals surface area (Å²) in [5.41, 5.74) is 1.88. The lowest BCUT2D eigenvalue weighted by Crippen LogP contribution is -2.49. The molecular formula is C22H30N4O2. The van der Waals surface area contributed by atoms with Gasteiger partial charge in [-0.05, 0) is 43.7 Å². The summed E-state index contributed by atoms with van der Waals surface area (Å²) >= 11 is 0. The Hall–Kier alpha value is -2.21. The van der Waals surface area contributed by atoms with Crippen LogP contribution in [0.1, 0.15) is 38.5 Å². The minimum Gasteiger partial charge on any atom is -0.375 e. The third-order valence-electron chi connectivity index (χ3n) is 6.23. The van der Waals surface area contributed by atoms with Crippen LogP contribution in [0.3, 0.4) is 0 Å². The monoisotopic (exact) mass is 382 g/mol. The van der Waals surface area contributed by atoms with Crippen molar-refractivity contribution in [1.29, 1.82) is 0 Å². The van der Waals surface area contributed by atoms with Crippen LogP contribution in [0.5, 0.6) is 0 Å². The standard InChI is InChI=1S/C22H30N4O2/c1-28-16-22(27)26-12-6-2-3-9-20(26)17-10-13-25(14-11-17)21-15-23-18-7-4-5-8-19(18)24-21/h4-5,7-8,15,17,20H,2-3,6,9-14,16H2,1H3. The molecule has 2 saturated heterocycles. The molecule has 2 aliphatic rings. The molecule has 0 bridgehead atoms. The van der Waals surface area contributed by atoms with Crippen molar-refractivity contribution in [2.75, 3.05) is 38.3 Å². The molecule has 1 aromatic carbocycles. The van der Waals surface area contributed by atoms with E-state index in [1.807, 2.05) is 30.5 Å². The van der Waals surface area contributed by atoms with E-state index in [0.717, 1.165) is 62.2 Å². The summed E-state index contributed by atoms with van der Waals surface area (Å²) in [4.78, 5) is 26.4. The van der Waals surface area contributed by atoms with Crippen LogP contribution in [0.2, 0.25) is 0 Å². The fourth-order valence-electron chi connectivity index (χ4n) is 4.75. The number of amides is 1. The van der Waals surface area contributed by atoms with E-state index in [-0.39, 0.29) is 12.5 Å². The smallest absolute Gasteiger partial charge is 0.248 e. The maximum Gasteiger partial charge on any atom is 0.248 e. The summed E-state index contributed by atoms with van der Waals surface area (Å²) in [6.07, 6.45) is 8.75. The zero-order valence-corrected chi connectivity index (χ0v) is 16.7. The van der Waals surface area contributed by atoms with Gasteiger partial charge in [-0.2, -0.15) is 0 Å². The topological polar surface area (TPSA) is 58.6 Å². The summed E-state index contributed by atoms with van der Waals surface area (Å²) in [7, 11) is 1.60. The van der Waals surface area contributed by atoms with E-state index >= 15 is 0 Å². The van der Waals surface area contributed by atoms with Crippen LogP contribution in [0.4, 0.5) is 5.82 Å². The van der Waals surface area contributed by atoms with Crippen LogP contribution < -0.4 is 4.90 Å². The molecule has 0 N–H and O–H groups in total. The van der Waals surface area contributed by atoms with Gasteiger partial charge < -0.3 is 14.5 Å². The molecule has 6 heteroatoms. The molecule has 0 radical (unpaired) electrons. The van der Waals surface area contributed by atoms with Crippen molar-refractivity contribution >= 4 is 22.8 Å². The van der Waals surface area contributed by atoms with E-state index in [4.69, 9.17) is 9.72 Å². The van der Waals surface area contributed by atoms with E-state index < -0.39 is 0 Å². The number of ether oxygens (including phenoxy) is 1. The van der Waals surface area contributed by atoms with Crippen molar-refractivity contribution < 1.29 is 9.53 Å². The SMILES string of the molecule is COCC(=O)N1CCCCCC1C1CCN(c2cnc3ccccc3n2)CC1. The summed E-state index contributed by atoms with van der Waals surface area (Å²) in [5, 5.41) is 0. The van der Waals surface area contributed by atoms with Crippen molar-refractivity contribution in [3.63, 3.8) is 0 Å². The van der Waals surface area contributed by atoms with Gasteiger partial charge in [0.05, 0.1) is 17.2 Å². The highest BCUT2D eigenvalue weighted by molar-refractivity contribution is 5.78. The fraction of sp³-hybridized carbons (Fsp3) is 0.591. The number of hydrogen-bond acceptors (Lipinski definition) is 5. The Morgan fingerprint density at radius 3 is 2.64 bits per heavy atom. The number of carbonyl (C=O) groups excluding carboxylic acids is 1. The Balaban J connectivity index is 1.43. The van der Waals surface area contributed by atoms with E-state index in [0.29, 0.717) is 12.0 Å². The minimum atomic E-state index is 0.150. The highest BCUT2D eigenvalue weighted by Gasteiger charge is 2.34. The lowest BCUT2D eigenvalue weighted by molar-refractivity contribution is -0.138. The predicted molar refractivity (Wildman–Crippen MR) is 110 cm³/mol. The summed E-state index contributed by atoms with van der Waals surface area (Å²) in [5.74, 6) is 1.67. The van der Waals surface area contributed by atoms with Gasteiger partial charge in [-0.15, -0.1) is 0 Å². The number of fused-ring (bicyclic) bond motifs is 1.